The molecule has 1 aliphatic rings. The molecule has 1 nitrogen and oxygen atoms in total. The van der Waals surface area contributed by atoms with E-state index in [0.29, 0.717) is 0 Å². The van der Waals surface area contributed by atoms with Crippen molar-refractivity contribution in [2.24, 2.45) is 0 Å². The van der Waals surface area contributed by atoms with Gasteiger partial charge in [-0.25, -0.2) is 0 Å². The SMILES string of the molecule is CCCCCCC[C]1CCCCCO1. The van der Waals surface area contributed by atoms with Crippen LogP contribution in [0, 0.1) is 6.10 Å². The molecular formula is C13H25O. The van der Waals surface area contributed by atoms with E-state index in [9.17, 15) is 0 Å². The van der Waals surface area contributed by atoms with E-state index in [4.69, 9.17) is 4.74 Å². The van der Waals surface area contributed by atoms with E-state index in [0.717, 1.165) is 6.61 Å². The highest BCUT2D eigenvalue weighted by Crippen LogP contribution is 2.24. The zero-order valence-electron chi connectivity index (χ0n) is 9.69. The summed E-state index contributed by atoms with van der Waals surface area (Å²) >= 11 is 0. The van der Waals surface area contributed by atoms with E-state index >= 15 is 0 Å². The number of hydrogen-bond donors (Lipinski definition) is 0. The molecule has 1 saturated heterocycles. The van der Waals surface area contributed by atoms with Crippen LogP contribution in [0.1, 0.15) is 71.1 Å². The largest absolute Gasteiger partial charge is 0.372 e. The second kappa shape index (κ2) is 8.28. The second-order valence-electron chi connectivity index (χ2n) is 4.36. The van der Waals surface area contributed by atoms with E-state index in [2.05, 4.69) is 6.92 Å². The topological polar surface area (TPSA) is 9.23 Å². The molecule has 83 valence electrons. The van der Waals surface area contributed by atoms with Crippen LogP contribution in [0.15, 0.2) is 0 Å². The molecule has 1 aliphatic heterocycles. The van der Waals surface area contributed by atoms with Gasteiger partial charge in [0.05, 0.1) is 6.10 Å². The Morgan fingerprint density at radius 2 is 1.86 bits per heavy atom. The fraction of sp³-hybridized carbons (Fsp3) is 0.923. The third kappa shape index (κ3) is 5.64. The minimum Gasteiger partial charge on any atom is -0.372 e. The van der Waals surface area contributed by atoms with Crippen LogP contribution in [0.5, 0.6) is 0 Å². The summed E-state index contributed by atoms with van der Waals surface area (Å²) in [6.07, 6.45) is 14.7. The highest BCUT2D eigenvalue weighted by molar-refractivity contribution is 4.79. The Balaban J connectivity index is 1.93. The Morgan fingerprint density at radius 1 is 1.00 bits per heavy atom. The number of rotatable bonds is 6. The normalized spacial score (nSPS) is 19.5. The van der Waals surface area contributed by atoms with Gasteiger partial charge in [-0.2, -0.15) is 0 Å². The van der Waals surface area contributed by atoms with Gasteiger partial charge >= 0.3 is 0 Å². The van der Waals surface area contributed by atoms with Crippen molar-refractivity contribution in [1.29, 1.82) is 0 Å². The summed E-state index contributed by atoms with van der Waals surface area (Å²) in [5.74, 6) is 0. The predicted octanol–water partition coefficient (Wildman–Crippen LogP) is 4.47. The molecule has 0 saturated carbocycles. The van der Waals surface area contributed by atoms with E-state index in [-0.39, 0.29) is 0 Å². The molecule has 0 atom stereocenters. The average Bonchev–Trinajstić information content (AvgIpc) is 2.46. The summed E-state index contributed by atoms with van der Waals surface area (Å²) in [5, 5.41) is 0. The predicted molar refractivity (Wildman–Crippen MR) is 61.0 cm³/mol. The maximum absolute atomic E-state index is 5.73. The summed E-state index contributed by atoms with van der Waals surface area (Å²) in [6.45, 7) is 3.24. The Bertz CT molecular complexity index is 114. The molecule has 0 aromatic heterocycles. The van der Waals surface area contributed by atoms with Crippen molar-refractivity contribution in [3.63, 3.8) is 0 Å². The molecule has 0 spiro atoms. The van der Waals surface area contributed by atoms with Crippen LogP contribution in [0.25, 0.3) is 0 Å². The van der Waals surface area contributed by atoms with Crippen molar-refractivity contribution >= 4 is 0 Å². The zero-order chi connectivity index (χ0) is 10.1. The molecular weight excluding hydrogens is 172 g/mol. The molecule has 1 heteroatoms. The van der Waals surface area contributed by atoms with Crippen LogP contribution in [0.4, 0.5) is 0 Å². The van der Waals surface area contributed by atoms with E-state index in [1.54, 1.807) is 0 Å². The van der Waals surface area contributed by atoms with Crippen molar-refractivity contribution in [2.45, 2.75) is 71.1 Å². The first kappa shape index (κ1) is 12.0. The Kier molecular flexibility index (Phi) is 7.12. The zero-order valence-corrected chi connectivity index (χ0v) is 9.69. The van der Waals surface area contributed by atoms with Crippen molar-refractivity contribution in [1.82, 2.24) is 0 Å². The third-order valence-electron chi connectivity index (χ3n) is 2.97. The van der Waals surface area contributed by atoms with Gasteiger partial charge in [-0.3, -0.25) is 0 Å². The molecule has 0 N–H and O–H groups in total. The number of ether oxygens (including phenoxy) is 1. The molecule has 1 fully saturated rings. The van der Waals surface area contributed by atoms with Gasteiger partial charge in [0, 0.05) is 6.61 Å². The molecule has 0 aliphatic carbocycles. The maximum Gasteiger partial charge on any atom is 0.0970 e. The second-order valence-corrected chi connectivity index (χ2v) is 4.36. The molecule has 1 radical (unpaired) electrons. The first-order chi connectivity index (χ1) is 6.93. The minimum atomic E-state index is 0.976. The van der Waals surface area contributed by atoms with Crippen molar-refractivity contribution in [3.8, 4) is 0 Å². The van der Waals surface area contributed by atoms with Crippen LogP contribution in [-0.2, 0) is 4.74 Å². The maximum atomic E-state index is 5.73. The Morgan fingerprint density at radius 3 is 2.71 bits per heavy atom. The average molecular weight is 197 g/mol. The van der Waals surface area contributed by atoms with Crippen molar-refractivity contribution in [2.75, 3.05) is 6.61 Å². The standard InChI is InChI=1S/C13H25O/c1-2-3-4-5-7-10-13-11-8-6-9-12-14-13/h2-12H2,1H3. The van der Waals surface area contributed by atoms with Gasteiger partial charge in [-0.05, 0) is 19.3 Å². The highest BCUT2D eigenvalue weighted by Gasteiger charge is 2.12. The van der Waals surface area contributed by atoms with Crippen LogP contribution in [-0.4, -0.2) is 6.61 Å². The van der Waals surface area contributed by atoms with Gasteiger partial charge in [0.15, 0.2) is 0 Å². The van der Waals surface area contributed by atoms with E-state index in [1.807, 2.05) is 0 Å². The van der Waals surface area contributed by atoms with Gasteiger partial charge in [0.1, 0.15) is 0 Å². The third-order valence-corrected chi connectivity index (χ3v) is 2.97. The molecule has 0 amide bonds. The highest BCUT2D eigenvalue weighted by atomic mass is 16.5. The van der Waals surface area contributed by atoms with Gasteiger partial charge in [-0.15, -0.1) is 0 Å². The van der Waals surface area contributed by atoms with Gasteiger partial charge in [0.2, 0.25) is 0 Å². The number of unbranched alkanes of at least 4 members (excludes halogenated alkanes) is 4. The summed E-state index contributed by atoms with van der Waals surface area (Å²) < 4.78 is 5.73. The minimum absolute atomic E-state index is 0.976. The molecule has 0 bridgehead atoms. The van der Waals surface area contributed by atoms with Crippen molar-refractivity contribution < 1.29 is 4.74 Å². The molecule has 14 heavy (non-hydrogen) atoms. The van der Waals surface area contributed by atoms with Crippen LogP contribution >= 0.6 is 0 Å². The van der Waals surface area contributed by atoms with E-state index in [1.165, 1.54) is 70.3 Å². The smallest absolute Gasteiger partial charge is 0.0970 e. The molecule has 1 heterocycles. The van der Waals surface area contributed by atoms with Gasteiger partial charge < -0.3 is 4.74 Å². The van der Waals surface area contributed by atoms with Gasteiger partial charge in [0.25, 0.3) is 0 Å². The van der Waals surface area contributed by atoms with E-state index < -0.39 is 0 Å². The Hall–Kier alpha value is -0.0400. The first-order valence-corrected chi connectivity index (χ1v) is 6.41. The first-order valence-electron chi connectivity index (χ1n) is 6.41. The summed E-state index contributed by atoms with van der Waals surface area (Å²) in [4.78, 5) is 0. The van der Waals surface area contributed by atoms with Crippen molar-refractivity contribution in [3.05, 3.63) is 6.10 Å². The van der Waals surface area contributed by atoms with Crippen LogP contribution in [0.3, 0.4) is 0 Å². The van der Waals surface area contributed by atoms with Crippen LogP contribution < -0.4 is 0 Å². The summed E-state index contributed by atoms with van der Waals surface area (Å²) in [5.41, 5.74) is 0. The Labute approximate surface area is 89.2 Å². The molecule has 0 aromatic rings. The monoisotopic (exact) mass is 197 g/mol. The lowest BCUT2D eigenvalue weighted by Crippen LogP contribution is -2.01. The molecule has 0 aromatic carbocycles. The van der Waals surface area contributed by atoms with Gasteiger partial charge in [-0.1, -0.05) is 51.9 Å². The number of hydrogen-bond acceptors (Lipinski definition) is 1. The quantitative estimate of drug-likeness (QED) is 0.571. The molecule has 1 rings (SSSR count). The fourth-order valence-corrected chi connectivity index (χ4v) is 2.01. The summed E-state index contributed by atoms with van der Waals surface area (Å²) in [6, 6.07) is 0. The lowest BCUT2D eigenvalue weighted by molar-refractivity contribution is 0.136. The summed E-state index contributed by atoms with van der Waals surface area (Å²) in [7, 11) is 0. The lowest BCUT2D eigenvalue weighted by atomic mass is 10.0. The molecule has 0 unspecified atom stereocenters. The fourth-order valence-electron chi connectivity index (χ4n) is 2.01. The lowest BCUT2D eigenvalue weighted by Gasteiger charge is -2.12. The van der Waals surface area contributed by atoms with Crippen LogP contribution in [0.2, 0.25) is 0 Å².